The Balaban J connectivity index is 2.74. The van der Waals surface area contributed by atoms with Gasteiger partial charge in [0.15, 0.2) is 5.75 Å². The first-order valence-electron chi connectivity index (χ1n) is 5.19. The molecule has 1 aromatic carbocycles. The van der Waals surface area contributed by atoms with Gasteiger partial charge >= 0.3 is 5.69 Å². The van der Waals surface area contributed by atoms with Crippen LogP contribution < -0.4 is 10.5 Å². The number of benzene rings is 1. The van der Waals surface area contributed by atoms with Gasteiger partial charge < -0.3 is 15.2 Å². The summed E-state index contributed by atoms with van der Waals surface area (Å²) in [5.74, 6) is 0.242. The van der Waals surface area contributed by atoms with E-state index in [1.54, 1.807) is 12.1 Å². The predicted molar refractivity (Wildman–Crippen MR) is 63.0 cm³/mol. The maximum atomic E-state index is 10.8. The zero-order chi connectivity index (χ0) is 12.8. The molecule has 94 valence electrons. The van der Waals surface area contributed by atoms with E-state index in [0.29, 0.717) is 13.2 Å². The first-order valence-corrected chi connectivity index (χ1v) is 5.19. The Bertz CT molecular complexity index is 393. The van der Waals surface area contributed by atoms with Gasteiger partial charge in [-0.3, -0.25) is 10.1 Å². The van der Waals surface area contributed by atoms with Gasteiger partial charge in [0.05, 0.1) is 25.2 Å². The normalized spacial score (nSPS) is 12.2. The highest BCUT2D eigenvalue weighted by Gasteiger charge is 2.14. The molecule has 0 bridgehead atoms. The van der Waals surface area contributed by atoms with E-state index in [9.17, 15) is 10.1 Å². The van der Waals surface area contributed by atoms with Gasteiger partial charge in [-0.15, -0.1) is 0 Å². The average Bonchev–Trinajstić information content (AvgIpc) is 2.28. The highest BCUT2D eigenvalue weighted by atomic mass is 16.6. The van der Waals surface area contributed by atoms with Crippen LogP contribution in [0, 0.1) is 10.1 Å². The monoisotopic (exact) mass is 240 g/mol. The number of nitrogens with zero attached hydrogens (tertiary/aromatic N) is 1. The number of nitrogens with two attached hydrogens (primary N) is 1. The van der Waals surface area contributed by atoms with Gasteiger partial charge in [0.1, 0.15) is 0 Å². The molecule has 0 aliphatic rings. The van der Waals surface area contributed by atoms with Crippen LogP contribution in [0.2, 0.25) is 0 Å². The molecule has 0 aliphatic carbocycles. The minimum atomic E-state index is -0.478. The molecule has 1 aromatic rings. The lowest BCUT2D eigenvalue weighted by molar-refractivity contribution is -0.385. The Hall–Kier alpha value is -1.66. The van der Waals surface area contributed by atoms with Crippen LogP contribution in [0.25, 0.3) is 0 Å². The number of rotatable bonds is 6. The Labute approximate surface area is 99.5 Å². The lowest BCUT2D eigenvalue weighted by Crippen LogP contribution is -2.21. The molecule has 0 aromatic heterocycles. The molecule has 0 spiro atoms. The molecule has 6 nitrogen and oxygen atoms in total. The molecule has 0 amide bonds. The highest BCUT2D eigenvalue weighted by molar-refractivity contribution is 5.48. The van der Waals surface area contributed by atoms with E-state index in [1.165, 1.54) is 13.2 Å². The second-order valence-electron chi connectivity index (χ2n) is 3.76. The molecular formula is C11H16N2O4. The third-order valence-corrected chi connectivity index (χ3v) is 2.09. The first-order chi connectivity index (χ1) is 8.04. The summed E-state index contributed by atoms with van der Waals surface area (Å²) in [5.41, 5.74) is 6.19. The van der Waals surface area contributed by atoms with Gasteiger partial charge in [-0.25, -0.2) is 0 Å². The summed E-state index contributed by atoms with van der Waals surface area (Å²) in [6, 6.07) is 4.68. The van der Waals surface area contributed by atoms with Gasteiger partial charge in [-0.05, 0) is 18.6 Å². The zero-order valence-electron chi connectivity index (χ0n) is 9.88. The lowest BCUT2D eigenvalue weighted by atomic mass is 10.2. The quantitative estimate of drug-likeness (QED) is 0.600. The molecule has 0 unspecified atom stereocenters. The molecule has 1 atom stereocenters. The third-order valence-electron chi connectivity index (χ3n) is 2.09. The van der Waals surface area contributed by atoms with E-state index in [4.69, 9.17) is 15.2 Å². The van der Waals surface area contributed by atoms with Crippen molar-refractivity contribution in [3.8, 4) is 5.75 Å². The first kappa shape index (κ1) is 13.4. The molecule has 0 aliphatic heterocycles. The SMILES string of the molecule is COc1ccc(COC[C@H](C)N)cc1[N+](=O)[O-]. The Morgan fingerprint density at radius 2 is 2.24 bits per heavy atom. The molecule has 0 saturated carbocycles. The van der Waals surface area contributed by atoms with E-state index < -0.39 is 4.92 Å². The summed E-state index contributed by atoms with van der Waals surface area (Å²) in [6.07, 6.45) is 0. The number of hydrogen-bond donors (Lipinski definition) is 1. The average molecular weight is 240 g/mol. The maximum Gasteiger partial charge on any atom is 0.311 e. The number of methoxy groups -OCH3 is 1. The van der Waals surface area contributed by atoms with Crippen LogP contribution in [0.4, 0.5) is 5.69 Å². The molecule has 17 heavy (non-hydrogen) atoms. The molecule has 0 heterocycles. The van der Waals surface area contributed by atoms with Crippen molar-refractivity contribution in [2.45, 2.75) is 19.6 Å². The molecule has 0 radical (unpaired) electrons. The van der Waals surface area contributed by atoms with Crippen LogP contribution in [0.5, 0.6) is 5.75 Å². The smallest absolute Gasteiger partial charge is 0.311 e. The number of ether oxygens (including phenoxy) is 2. The molecule has 2 N–H and O–H groups in total. The summed E-state index contributed by atoms with van der Waals surface area (Å²) >= 11 is 0. The topological polar surface area (TPSA) is 87.6 Å². The summed E-state index contributed by atoms with van der Waals surface area (Å²) in [5, 5.41) is 10.8. The minimum absolute atomic E-state index is 0.0526. The van der Waals surface area contributed by atoms with Crippen molar-refractivity contribution in [2.24, 2.45) is 5.73 Å². The van der Waals surface area contributed by atoms with Gasteiger partial charge in [0.2, 0.25) is 0 Å². The molecular weight excluding hydrogens is 224 g/mol. The highest BCUT2D eigenvalue weighted by Crippen LogP contribution is 2.27. The lowest BCUT2D eigenvalue weighted by Gasteiger charge is -2.08. The van der Waals surface area contributed by atoms with Crippen LogP contribution in [-0.2, 0) is 11.3 Å². The Morgan fingerprint density at radius 1 is 1.53 bits per heavy atom. The summed E-state index contributed by atoms with van der Waals surface area (Å²) < 4.78 is 10.2. The largest absolute Gasteiger partial charge is 0.490 e. The summed E-state index contributed by atoms with van der Waals surface area (Å²) in [7, 11) is 1.40. The number of hydrogen-bond acceptors (Lipinski definition) is 5. The summed E-state index contributed by atoms with van der Waals surface area (Å²) in [4.78, 5) is 10.3. The predicted octanol–water partition coefficient (Wildman–Crippen LogP) is 1.47. The van der Waals surface area contributed by atoms with E-state index in [-0.39, 0.29) is 17.5 Å². The molecule has 0 fully saturated rings. The van der Waals surface area contributed by atoms with E-state index in [2.05, 4.69) is 0 Å². The maximum absolute atomic E-state index is 10.8. The van der Waals surface area contributed by atoms with Gasteiger partial charge in [0.25, 0.3) is 0 Å². The number of nitro benzene ring substituents is 1. The van der Waals surface area contributed by atoms with Gasteiger partial charge in [-0.2, -0.15) is 0 Å². The van der Waals surface area contributed by atoms with Crippen LogP contribution >= 0.6 is 0 Å². The van der Waals surface area contributed by atoms with Crippen LogP contribution in [-0.4, -0.2) is 24.7 Å². The third kappa shape index (κ3) is 4.01. The molecule has 6 heteroatoms. The number of nitro groups is 1. The van der Waals surface area contributed by atoms with Gasteiger partial charge in [-0.1, -0.05) is 6.07 Å². The van der Waals surface area contributed by atoms with Crippen LogP contribution in [0.1, 0.15) is 12.5 Å². The van der Waals surface area contributed by atoms with Crippen molar-refractivity contribution in [3.63, 3.8) is 0 Å². The summed E-state index contributed by atoms with van der Waals surface area (Å²) in [6.45, 7) is 2.54. The van der Waals surface area contributed by atoms with E-state index in [1.807, 2.05) is 6.92 Å². The van der Waals surface area contributed by atoms with Crippen molar-refractivity contribution >= 4 is 5.69 Å². The fraction of sp³-hybridized carbons (Fsp3) is 0.455. The zero-order valence-corrected chi connectivity index (χ0v) is 9.88. The fourth-order valence-electron chi connectivity index (χ4n) is 1.33. The van der Waals surface area contributed by atoms with Crippen molar-refractivity contribution in [1.29, 1.82) is 0 Å². The van der Waals surface area contributed by atoms with Crippen molar-refractivity contribution in [2.75, 3.05) is 13.7 Å². The van der Waals surface area contributed by atoms with E-state index in [0.717, 1.165) is 5.56 Å². The Morgan fingerprint density at radius 3 is 2.76 bits per heavy atom. The van der Waals surface area contributed by atoms with Crippen molar-refractivity contribution in [1.82, 2.24) is 0 Å². The van der Waals surface area contributed by atoms with Crippen molar-refractivity contribution in [3.05, 3.63) is 33.9 Å². The molecule has 0 saturated heterocycles. The second-order valence-corrected chi connectivity index (χ2v) is 3.76. The second kappa shape index (κ2) is 6.17. The van der Waals surface area contributed by atoms with Crippen LogP contribution in [0.3, 0.4) is 0 Å². The van der Waals surface area contributed by atoms with E-state index >= 15 is 0 Å². The molecule has 1 rings (SSSR count). The fourth-order valence-corrected chi connectivity index (χ4v) is 1.33. The van der Waals surface area contributed by atoms with Crippen LogP contribution in [0.15, 0.2) is 18.2 Å². The Kier molecular flexibility index (Phi) is 4.86. The standard InChI is InChI=1S/C11H16N2O4/c1-8(12)6-17-7-9-3-4-11(16-2)10(5-9)13(14)15/h3-5,8H,6-7,12H2,1-2H3/t8-/m0/s1. The van der Waals surface area contributed by atoms with Crippen molar-refractivity contribution < 1.29 is 14.4 Å². The van der Waals surface area contributed by atoms with Gasteiger partial charge in [0, 0.05) is 12.1 Å². The minimum Gasteiger partial charge on any atom is -0.490 e.